The van der Waals surface area contributed by atoms with Crippen molar-refractivity contribution in [3.8, 4) is 0 Å². The van der Waals surface area contributed by atoms with Crippen LogP contribution in [0.25, 0.3) is 10.2 Å². The van der Waals surface area contributed by atoms with Gasteiger partial charge in [-0.3, -0.25) is 4.79 Å². The predicted octanol–water partition coefficient (Wildman–Crippen LogP) is 4.56. The summed E-state index contributed by atoms with van der Waals surface area (Å²) in [5.41, 5.74) is 4.05. The van der Waals surface area contributed by atoms with E-state index in [1.807, 2.05) is 12.1 Å². The molecule has 1 aliphatic heterocycles. The number of esters is 1. The standard InChI is InChI=1S/C21H23N3O3S2/c1-20(2)9-12-15(19(26)27-5)18(29-16(12)21(3,4)24-20)23-17(25)11-6-7-13-14(8-11)28-10-22-13/h6-8,10,24H,9H2,1-5H3,(H,23,25). The fourth-order valence-corrected chi connectivity index (χ4v) is 6.08. The fourth-order valence-electron chi connectivity index (χ4n) is 4.11. The number of hydrogen-bond acceptors (Lipinski definition) is 7. The Morgan fingerprint density at radius 3 is 2.72 bits per heavy atom. The molecule has 0 atom stereocenters. The lowest BCUT2D eigenvalue weighted by molar-refractivity contribution is 0.0600. The minimum absolute atomic E-state index is 0.182. The van der Waals surface area contributed by atoms with Gasteiger partial charge in [0.1, 0.15) is 5.00 Å². The van der Waals surface area contributed by atoms with Crippen LogP contribution in [0.2, 0.25) is 0 Å². The van der Waals surface area contributed by atoms with Crippen LogP contribution < -0.4 is 10.6 Å². The second-order valence-electron chi connectivity index (χ2n) is 8.41. The first-order chi connectivity index (χ1) is 13.6. The summed E-state index contributed by atoms with van der Waals surface area (Å²) in [6, 6.07) is 5.40. The Hall–Kier alpha value is -2.29. The Kier molecular flexibility index (Phi) is 4.76. The third kappa shape index (κ3) is 3.56. The number of methoxy groups -OCH3 is 1. The Bertz CT molecular complexity index is 1130. The zero-order valence-electron chi connectivity index (χ0n) is 17.0. The molecule has 0 radical (unpaired) electrons. The van der Waals surface area contributed by atoms with Crippen molar-refractivity contribution in [2.75, 3.05) is 12.4 Å². The van der Waals surface area contributed by atoms with Gasteiger partial charge in [0.2, 0.25) is 0 Å². The molecule has 1 aromatic carbocycles. The van der Waals surface area contributed by atoms with E-state index < -0.39 is 5.97 Å². The largest absolute Gasteiger partial charge is 0.465 e. The Morgan fingerprint density at radius 1 is 1.24 bits per heavy atom. The van der Waals surface area contributed by atoms with Crippen LogP contribution in [0.4, 0.5) is 5.00 Å². The number of thiazole rings is 1. The van der Waals surface area contributed by atoms with Crippen LogP contribution in [0, 0.1) is 0 Å². The summed E-state index contributed by atoms with van der Waals surface area (Å²) in [6.45, 7) is 8.40. The first-order valence-corrected chi connectivity index (χ1v) is 11.0. The van der Waals surface area contributed by atoms with Crippen molar-refractivity contribution in [2.24, 2.45) is 0 Å². The average Bonchev–Trinajstić information content (AvgIpc) is 3.23. The monoisotopic (exact) mass is 429 g/mol. The van der Waals surface area contributed by atoms with Crippen molar-refractivity contribution in [3.05, 3.63) is 45.3 Å². The fraction of sp³-hybridized carbons (Fsp3) is 0.381. The summed E-state index contributed by atoms with van der Waals surface area (Å²) in [6.07, 6.45) is 0.676. The molecule has 29 heavy (non-hydrogen) atoms. The molecule has 8 heteroatoms. The second-order valence-corrected chi connectivity index (χ2v) is 10.3. The van der Waals surface area contributed by atoms with Crippen LogP contribution in [0.3, 0.4) is 0 Å². The van der Waals surface area contributed by atoms with E-state index in [2.05, 4.69) is 43.3 Å². The number of hydrogen-bond donors (Lipinski definition) is 2. The van der Waals surface area contributed by atoms with Crippen molar-refractivity contribution >= 4 is 49.8 Å². The van der Waals surface area contributed by atoms with Crippen molar-refractivity contribution < 1.29 is 14.3 Å². The summed E-state index contributed by atoms with van der Waals surface area (Å²) in [4.78, 5) is 30.9. The lowest BCUT2D eigenvalue weighted by atomic mass is 9.81. The van der Waals surface area contributed by atoms with Gasteiger partial charge < -0.3 is 15.4 Å². The zero-order valence-corrected chi connectivity index (χ0v) is 18.6. The van der Waals surface area contributed by atoms with Gasteiger partial charge in [0.25, 0.3) is 5.91 Å². The summed E-state index contributed by atoms with van der Waals surface area (Å²) in [5, 5.41) is 7.12. The molecule has 1 amide bonds. The highest BCUT2D eigenvalue weighted by Gasteiger charge is 2.42. The highest BCUT2D eigenvalue weighted by Crippen LogP contribution is 2.45. The van der Waals surface area contributed by atoms with E-state index in [0.717, 1.165) is 20.7 Å². The molecule has 4 rings (SSSR count). The number of thiophene rings is 1. The van der Waals surface area contributed by atoms with Crippen LogP contribution >= 0.6 is 22.7 Å². The van der Waals surface area contributed by atoms with Crippen LogP contribution in [0.15, 0.2) is 23.7 Å². The summed E-state index contributed by atoms with van der Waals surface area (Å²) in [7, 11) is 1.37. The summed E-state index contributed by atoms with van der Waals surface area (Å²) in [5.74, 6) is -0.682. The summed E-state index contributed by atoms with van der Waals surface area (Å²) < 4.78 is 6.01. The third-order valence-corrected chi connectivity index (χ3v) is 7.32. The van der Waals surface area contributed by atoms with Crippen molar-refractivity contribution in [3.63, 3.8) is 0 Å². The number of carbonyl (C=O) groups is 2. The van der Waals surface area contributed by atoms with Crippen LogP contribution in [-0.4, -0.2) is 29.5 Å². The Labute approximate surface area is 177 Å². The van der Waals surface area contributed by atoms with Crippen molar-refractivity contribution in [1.82, 2.24) is 10.3 Å². The number of anilines is 1. The van der Waals surface area contributed by atoms with Crippen molar-refractivity contribution in [2.45, 2.75) is 45.2 Å². The molecule has 0 unspecified atom stereocenters. The van der Waals surface area contributed by atoms with Crippen LogP contribution in [0.1, 0.15) is 58.9 Å². The maximum absolute atomic E-state index is 13.0. The molecule has 2 aromatic heterocycles. The maximum Gasteiger partial charge on any atom is 0.341 e. The van der Waals surface area contributed by atoms with Gasteiger partial charge in [0.05, 0.1) is 28.4 Å². The van der Waals surface area contributed by atoms with E-state index in [1.165, 1.54) is 29.8 Å². The summed E-state index contributed by atoms with van der Waals surface area (Å²) >= 11 is 2.92. The van der Waals surface area contributed by atoms with Gasteiger partial charge in [0.15, 0.2) is 0 Å². The van der Waals surface area contributed by atoms with E-state index in [-0.39, 0.29) is 17.0 Å². The molecule has 6 nitrogen and oxygen atoms in total. The number of amides is 1. The first-order valence-electron chi connectivity index (χ1n) is 9.30. The zero-order chi connectivity index (χ0) is 21.0. The van der Waals surface area contributed by atoms with Crippen LogP contribution in [0.5, 0.6) is 0 Å². The number of rotatable bonds is 3. The molecule has 152 valence electrons. The van der Waals surface area contributed by atoms with E-state index in [1.54, 1.807) is 11.6 Å². The van der Waals surface area contributed by atoms with Gasteiger partial charge >= 0.3 is 5.97 Å². The molecule has 0 spiro atoms. The molecule has 0 aliphatic carbocycles. The third-order valence-electron chi connectivity index (χ3n) is 5.05. The van der Waals surface area contributed by atoms with E-state index in [9.17, 15) is 9.59 Å². The Morgan fingerprint density at radius 2 is 2.00 bits per heavy atom. The average molecular weight is 430 g/mol. The van der Waals surface area contributed by atoms with E-state index in [0.29, 0.717) is 22.5 Å². The van der Waals surface area contributed by atoms with Gasteiger partial charge in [-0.2, -0.15) is 0 Å². The molecule has 0 saturated heterocycles. The SMILES string of the molecule is COC(=O)c1c(NC(=O)c2ccc3ncsc3c2)sc2c1CC(C)(C)NC2(C)C. The number of ether oxygens (including phenoxy) is 1. The van der Waals surface area contributed by atoms with Gasteiger partial charge in [-0.25, -0.2) is 9.78 Å². The highest BCUT2D eigenvalue weighted by atomic mass is 32.1. The molecule has 2 N–H and O–H groups in total. The number of carbonyl (C=O) groups excluding carboxylic acids is 2. The van der Waals surface area contributed by atoms with Crippen LogP contribution in [-0.2, 0) is 16.7 Å². The number of aromatic nitrogens is 1. The molecule has 3 aromatic rings. The first kappa shape index (κ1) is 20.0. The lowest BCUT2D eigenvalue weighted by Crippen LogP contribution is -2.55. The number of benzene rings is 1. The van der Waals surface area contributed by atoms with Gasteiger partial charge in [-0.15, -0.1) is 22.7 Å². The minimum atomic E-state index is -0.427. The van der Waals surface area contributed by atoms with Crippen molar-refractivity contribution in [1.29, 1.82) is 0 Å². The smallest absolute Gasteiger partial charge is 0.341 e. The quantitative estimate of drug-likeness (QED) is 0.597. The number of nitrogens with one attached hydrogen (secondary N) is 2. The van der Waals surface area contributed by atoms with E-state index >= 15 is 0 Å². The molecule has 0 saturated carbocycles. The molecular formula is C21H23N3O3S2. The van der Waals surface area contributed by atoms with Gasteiger partial charge in [-0.05, 0) is 57.9 Å². The Balaban J connectivity index is 1.76. The molecule has 1 aliphatic rings. The molecular weight excluding hydrogens is 406 g/mol. The maximum atomic E-state index is 13.0. The lowest BCUT2D eigenvalue weighted by Gasteiger charge is -2.42. The highest BCUT2D eigenvalue weighted by molar-refractivity contribution is 7.17. The number of fused-ring (bicyclic) bond motifs is 2. The molecule has 0 bridgehead atoms. The molecule has 0 fully saturated rings. The van der Waals surface area contributed by atoms with Gasteiger partial charge in [-0.1, -0.05) is 0 Å². The minimum Gasteiger partial charge on any atom is -0.465 e. The molecule has 3 heterocycles. The van der Waals surface area contributed by atoms with E-state index in [4.69, 9.17) is 4.74 Å². The number of nitrogens with zero attached hydrogens (tertiary/aromatic N) is 1. The second kappa shape index (κ2) is 6.90. The normalized spacial score (nSPS) is 17.0. The topological polar surface area (TPSA) is 80.3 Å². The van der Waals surface area contributed by atoms with Gasteiger partial charge in [0, 0.05) is 21.5 Å². The predicted molar refractivity (Wildman–Crippen MR) is 117 cm³/mol.